The summed E-state index contributed by atoms with van der Waals surface area (Å²) in [4.78, 5) is 12.1. The Kier molecular flexibility index (Phi) is 3.52. The molecule has 4 heteroatoms. The van der Waals surface area contributed by atoms with Gasteiger partial charge < -0.3 is 9.47 Å². The normalized spacial score (nSPS) is 18.0. The van der Waals surface area contributed by atoms with Crippen LogP contribution >= 0.6 is 15.9 Å². The fourth-order valence-corrected chi connectivity index (χ4v) is 3.12. The second-order valence-corrected chi connectivity index (χ2v) is 6.03. The minimum absolute atomic E-state index is 0.207. The van der Waals surface area contributed by atoms with Crippen LogP contribution in [0.5, 0.6) is 0 Å². The zero-order valence-corrected chi connectivity index (χ0v) is 12.4. The molecule has 0 aromatic heterocycles. The monoisotopic (exact) mass is 312 g/mol. The molecule has 0 N–H and O–H groups in total. The van der Waals surface area contributed by atoms with E-state index in [1.165, 1.54) is 7.11 Å². The van der Waals surface area contributed by atoms with Crippen molar-refractivity contribution in [1.29, 1.82) is 0 Å². The molecule has 1 aromatic rings. The number of esters is 1. The fourth-order valence-electron chi connectivity index (χ4n) is 2.46. The van der Waals surface area contributed by atoms with Gasteiger partial charge in [0, 0.05) is 4.47 Å². The summed E-state index contributed by atoms with van der Waals surface area (Å²) >= 11 is 3.56. The second-order valence-electron chi connectivity index (χ2n) is 5.17. The van der Waals surface area contributed by atoms with Gasteiger partial charge in [0.15, 0.2) is 0 Å². The molecule has 1 fully saturated rings. The van der Waals surface area contributed by atoms with Gasteiger partial charge in [-0.1, -0.05) is 34.1 Å². The number of hydrogen-bond donors (Lipinski definition) is 0. The zero-order chi connectivity index (χ0) is 13.4. The molecule has 1 aromatic carbocycles. The lowest BCUT2D eigenvalue weighted by molar-refractivity contribution is -0.174. The largest absolute Gasteiger partial charge is 0.469 e. The molecule has 2 rings (SSSR count). The number of carbonyl (C=O) groups excluding carboxylic acids is 1. The smallest absolute Gasteiger partial charge is 0.312 e. The van der Waals surface area contributed by atoms with E-state index in [1.807, 2.05) is 38.1 Å². The molecule has 1 aliphatic rings. The van der Waals surface area contributed by atoms with Gasteiger partial charge in [-0.15, -0.1) is 0 Å². The van der Waals surface area contributed by atoms with E-state index >= 15 is 0 Å². The summed E-state index contributed by atoms with van der Waals surface area (Å²) in [5.74, 6) is -0.207. The van der Waals surface area contributed by atoms with Crippen molar-refractivity contribution in [2.45, 2.75) is 19.3 Å². The summed E-state index contributed by atoms with van der Waals surface area (Å²) in [6.45, 7) is 4.91. The molecule has 1 heterocycles. The molecule has 1 saturated heterocycles. The summed E-state index contributed by atoms with van der Waals surface area (Å²) in [5.41, 5.74) is 0.163. The van der Waals surface area contributed by atoms with Crippen molar-refractivity contribution in [3.8, 4) is 0 Å². The van der Waals surface area contributed by atoms with E-state index in [-0.39, 0.29) is 11.4 Å². The lowest BCUT2D eigenvalue weighted by atomic mass is 9.60. The van der Waals surface area contributed by atoms with Gasteiger partial charge in [-0.05, 0) is 25.5 Å². The molecular formula is C14H17BrO3. The highest BCUT2D eigenvalue weighted by molar-refractivity contribution is 9.10. The first-order valence-electron chi connectivity index (χ1n) is 5.87. The van der Waals surface area contributed by atoms with Gasteiger partial charge in [0.25, 0.3) is 0 Å². The number of benzene rings is 1. The molecule has 0 bridgehead atoms. The third-order valence-corrected chi connectivity index (χ3v) is 4.67. The van der Waals surface area contributed by atoms with Crippen LogP contribution in [0.1, 0.15) is 19.4 Å². The molecular weight excluding hydrogens is 296 g/mol. The first-order valence-corrected chi connectivity index (χ1v) is 6.66. The lowest BCUT2D eigenvalue weighted by Crippen LogP contribution is -2.60. The van der Waals surface area contributed by atoms with Crippen molar-refractivity contribution in [2.24, 2.45) is 5.41 Å². The van der Waals surface area contributed by atoms with Crippen molar-refractivity contribution in [3.05, 3.63) is 34.3 Å². The number of rotatable bonds is 3. The standard InChI is InChI=1S/C14H17BrO3/c1-13(2,12(16)17-3)14(8-18-9-14)10-6-4-5-7-11(10)15/h4-7H,8-9H2,1-3H3. The van der Waals surface area contributed by atoms with Crippen LogP contribution in [-0.2, 0) is 19.7 Å². The molecule has 0 atom stereocenters. The van der Waals surface area contributed by atoms with Crippen molar-refractivity contribution < 1.29 is 14.3 Å². The van der Waals surface area contributed by atoms with Crippen LogP contribution in [-0.4, -0.2) is 26.3 Å². The fraction of sp³-hybridized carbons (Fsp3) is 0.500. The molecule has 1 aliphatic heterocycles. The third-order valence-electron chi connectivity index (χ3n) is 3.98. The van der Waals surface area contributed by atoms with Crippen molar-refractivity contribution in [2.75, 3.05) is 20.3 Å². The van der Waals surface area contributed by atoms with Crippen LogP contribution in [0.2, 0.25) is 0 Å². The van der Waals surface area contributed by atoms with E-state index in [2.05, 4.69) is 15.9 Å². The van der Waals surface area contributed by atoms with Crippen LogP contribution in [0.3, 0.4) is 0 Å². The molecule has 0 unspecified atom stereocenters. The zero-order valence-electron chi connectivity index (χ0n) is 10.8. The quantitative estimate of drug-likeness (QED) is 0.805. The van der Waals surface area contributed by atoms with Crippen LogP contribution in [0.15, 0.2) is 28.7 Å². The molecule has 3 nitrogen and oxygen atoms in total. The van der Waals surface area contributed by atoms with Gasteiger partial charge in [-0.25, -0.2) is 0 Å². The highest BCUT2D eigenvalue weighted by Crippen LogP contribution is 2.49. The summed E-state index contributed by atoms with van der Waals surface area (Å²) < 4.78 is 11.4. The number of methoxy groups -OCH3 is 1. The van der Waals surface area contributed by atoms with Crippen LogP contribution < -0.4 is 0 Å². The van der Waals surface area contributed by atoms with Gasteiger partial charge in [0.05, 0.1) is 31.2 Å². The SMILES string of the molecule is COC(=O)C(C)(C)C1(c2ccccc2Br)COC1. The molecule has 98 valence electrons. The number of halogens is 1. The average molecular weight is 313 g/mol. The van der Waals surface area contributed by atoms with Gasteiger partial charge >= 0.3 is 5.97 Å². The Morgan fingerprint density at radius 3 is 2.44 bits per heavy atom. The Bertz CT molecular complexity index is 464. The molecule has 0 radical (unpaired) electrons. The summed E-state index contributed by atoms with van der Waals surface area (Å²) in [6.07, 6.45) is 0. The molecule has 0 aliphatic carbocycles. The molecule has 18 heavy (non-hydrogen) atoms. The van der Waals surface area contributed by atoms with Crippen LogP contribution in [0, 0.1) is 5.41 Å². The van der Waals surface area contributed by atoms with Crippen LogP contribution in [0.4, 0.5) is 0 Å². The van der Waals surface area contributed by atoms with E-state index in [4.69, 9.17) is 9.47 Å². The van der Waals surface area contributed by atoms with Crippen molar-refractivity contribution in [3.63, 3.8) is 0 Å². The van der Waals surface area contributed by atoms with Gasteiger partial charge in [0.1, 0.15) is 0 Å². The number of ether oxygens (including phenoxy) is 2. The third kappa shape index (κ3) is 1.79. The second kappa shape index (κ2) is 4.67. The Hall–Kier alpha value is -0.870. The molecule has 0 saturated carbocycles. The maximum absolute atomic E-state index is 12.1. The Morgan fingerprint density at radius 1 is 1.39 bits per heavy atom. The number of carbonyl (C=O) groups is 1. The minimum Gasteiger partial charge on any atom is -0.469 e. The number of hydrogen-bond acceptors (Lipinski definition) is 3. The van der Waals surface area contributed by atoms with Gasteiger partial charge in [-0.2, -0.15) is 0 Å². The minimum atomic E-state index is -0.621. The van der Waals surface area contributed by atoms with Crippen molar-refractivity contribution in [1.82, 2.24) is 0 Å². The summed E-state index contributed by atoms with van der Waals surface area (Å²) in [6, 6.07) is 7.97. The average Bonchev–Trinajstić information content (AvgIpc) is 2.28. The lowest BCUT2D eigenvalue weighted by Gasteiger charge is -2.51. The summed E-state index contributed by atoms with van der Waals surface area (Å²) in [7, 11) is 1.43. The molecule has 0 spiro atoms. The Balaban J connectivity index is 2.50. The van der Waals surface area contributed by atoms with E-state index in [1.54, 1.807) is 0 Å². The van der Waals surface area contributed by atoms with E-state index in [0.29, 0.717) is 13.2 Å². The first-order chi connectivity index (χ1) is 8.45. The highest BCUT2D eigenvalue weighted by Gasteiger charge is 2.57. The molecule has 0 amide bonds. The van der Waals surface area contributed by atoms with Crippen LogP contribution in [0.25, 0.3) is 0 Å². The summed E-state index contributed by atoms with van der Waals surface area (Å²) in [5, 5.41) is 0. The van der Waals surface area contributed by atoms with E-state index < -0.39 is 5.41 Å². The highest BCUT2D eigenvalue weighted by atomic mass is 79.9. The van der Waals surface area contributed by atoms with E-state index in [9.17, 15) is 4.79 Å². The van der Waals surface area contributed by atoms with E-state index in [0.717, 1.165) is 10.0 Å². The Labute approximate surface area is 116 Å². The predicted octanol–water partition coefficient (Wildman–Crippen LogP) is 2.92. The maximum Gasteiger partial charge on any atom is 0.312 e. The topological polar surface area (TPSA) is 35.5 Å². The van der Waals surface area contributed by atoms with Gasteiger partial charge in [-0.3, -0.25) is 4.79 Å². The first kappa shape index (κ1) is 13.6. The Morgan fingerprint density at radius 2 is 2.00 bits per heavy atom. The maximum atomic E-state index is 12.1. The van der Waals surface area contributed by atoms with Crippen molar-refractivity contribution >= 4 is 21.9 Å². The van der Waals surface area contributed by atoms with Gasteiger partial charge in [0.2, 0.25) is 0 Å². The predicted molar refractivity (Wildman–Crippen MR) is 72.4 cm³/mol.